The molecule has 1 aliphatic rings. The van der Waals surface area contributed by atoms with Crippen LogP contribution in [0, 0.1) is 0 Å². The molecule has 0 saturated heterocycles. The van der Waals surface area contributed by atoms with Gasteiger partial charge in [-0.2, -0.15) is 0 Å². The van der Waals surface area contributed by atoms with E-state index >= 15 is 0 Å². The highest BCUT2D eigenvalue weighted by Crippen LogP contribution is 2.27. The lowest BCUT2D eigenvalue weighted by molar-refractivity contribution is 0.0690. The Morgan fingerprint density at radius 2 is 2.35 bits per heavy atom. The van der Waals surface area contributed by atoms with Crippen molar-refractivity contribution in [3.8, 4) is 11.4 Å². The van der Waals surface area contributed by atoms with Crippen molar-refractivity contribution in [2.75, 3.05) is 0 Å². The van der Waals surface area contributed by atoms with E-state index in [1.807, 2.05) is 16.7 Å². The molecule has 1 aliphatic heterocycles. The van der Waals surface area contributed by atoms with Crippen molar-refractivity contribution in [3.63, 3.8) is 0 Å². The Balaban J connectivity index is 2.19. The molecule has 3 rings (SSSR count). The molecule has 0 atom stereocenters. The van der Waals surface area contributed by atoms with Crippen LogP contribution in [-0.4, -0.2) is 25.6 Å². The molecule has 5 heteroatoms. The predicted molar refractivity (Wildman–Crippen MR) is 60.7 cm³/mol. The van der Waals surface area contributed by atoms with Gasteiger partial charge in [-0.15, -0.1) is 0 Å². The first kappa shape index (κ1) is 10.0. The van der Waals surface area contributed by atoms with Gasteiger partial charge < -0.3 is 9.67 Å². The maximum absolute atomic E-state index is 11.1. The van der Waals surface area contributed by atoms with E-state index in [1.165, 1.54) is 0 Å². The van der Waals surface area contributed by atoms with Crippen LogP contribution in [0.1, 0.15) is 22.6 Å². The molecule has 0 saturated carbocycles. The number of nitrogens with zero attached hydrogens (tertiary/aromatic N) is 3. The van der Waals surface area contributed by atoms with Crippen LogP contribution in [-0.2, 0) is 13.0 Å². The van der Waals surface area contributed by atoms with E-state index in [9.17, 15) is 4.79 Å². The molecule has 86 valence electrons. The SMILES string of the molecule is O=C(O)c1nc(-c2cccnc2)n2c1CCC2. The van der Waals surface area contributed by atoms with E-state index in [0.29, 0.717) is 5.82 Å². The molecular formula is C12H11N3O2. The molecule has 1 N–H and O–H groups in total. The Morgan fingerprint density at radius 1 is 1.47 bits per heavy atom. The maximum atomic E-state index is 11.1. The number of imidazole rings is 1. The van der Waals surface area contributed by atoms with Crippen LogP contribution in [0.3, 0.4) is 0 Å². The number of aromatic carboxylic acids is 1. The molecule has 0 aliphatic carbocycles. The smallest absolute Gasteiger partial charge is 0.356 e. The van der Waals surface area contributed by atoms with Crippen molar-refractivity contribution in [1.82, 2.24) is 14.5 Å². The summed E-state index contributed by atoms with van der Waals surface area (Å²) in [5.74, 6) is -0.242. The summed E-state index contributed by atoms with van der Waals surface area (Å²) in [7, 11) is 0. The topological polar surface area (TPSA) is 68.0 Å². The second-order valence-corrected chi connectivity index (χ2v) is 4.03. The third-order valence-corrected chi connectivity index (χ3v) is 2.99. The second kappa shape index (κ2) is 3.69. The molecule has 0 radical (unpaired) electrons. The van der Waals surface area contributed by atoms with Crippen molar-refractivity contribution in [2.24, 2.45) is 0 Å². The highest BCUT2D eigenvalue weighted by atomic mass is 16.4. The van der Waals surface area contributed by atoms with Crippen molar-refractivity contribution in [1.29, 1.82) is 0 Å². The van der Waals surface area contributed by atoms with Gasteiger partial charge in [0.2, 0.25) is 0 Å². The molecule has 2 aromatic rings. The molecule has 0 bridgehead atoms. The van der Waals surface area contributed by atoms with Gasteiger partial charge in [-0.1, -0.05) is 0 Å². The van der Waals surface area contributed by atoms with Crippen LogP contribution in [0.15, 0.2) is 24.5 Å². The van der Waals surface area contributed by atoms with E-state index in [0.717, 1.165) is 30.6 Å². The first-order valence-electron chi connectivity index (χ1n) is 5.50. The van der Waals surface area contributed by atoms with Gasteiger partial charge in [0.05, 0.1) is 5.69 Å². The number of pyridine rings is 1. The minimum Gasteiger partial charge on any atom is -0.476 e. The summed E-state index contributed by atoms with van der Waals surface area (Å²) in [5.41, 5.74) is 1.88. The van der Waals surface area contributed by atoms with Gasteiger partial charge in [-0.3, -0.25) is 4.98 Å². The highest BCUT2D eigenvalue weighted by molar-refractivity contribution is 5.88. The summed E-state index contributed by atoms with van der Waals surface area (Å²) >= 11 is 0. The third-order valence-electron chi connectivity index (χ3n) is 2.99. The van der Waals surface area contributed by atoms with Gasteiger partial charge in [0.1, 0.15) is 5.82 Å². The van der Waals surface area contributed by atoms with Crippen LogP contribution < -0.4 is 0 Å². The van der Waals surface area contributed by atoms with Crippen molar-refractivity contribution >= 4 is 5.97 Å². The quantitative estimate of drug-likeness (QED) is 0.849. The first-order chi connectivity index (χ1) is 8.27. The Morgan fingerprint density at radius 3 is 3.06 bits per heavy atom. The molecule has 0 fully saturated rings. The van der Waals surface area contributed by atoms with Crippen LogP contribution in [0.4, 0.5) is 0 Å². The number of carboxylic acid groups (broad SMARTS) is 1. The van der Waals surface area contributed by atoms with E-state index in [4.69, 9.17) is 5.11 Å². The Hall–Kier alpha value is -2.17. The minimum atomic E-state index is -0.953. The summed E-state index contributed by atoms with van der Waals surface area (Å²) in [4.78, 5) is 19.4. The van der Waals surface area contributed by atoms with Gasteiger partial charge in [-0.05, 0) is 25.0 Å². The summed E-state index contributed by atoms with van der Waals surface area (Å²) < 4.78 is 1.99. The van der Waals surface area contributed by atoms with Gasteiger partial charge in [-0.25, -0.2) is 9.78 Å². The molecule has 2 aromatic heterocycles. The summed E-state index contributed by atoms with van der Waals surface area (Å²) in [5, 5.41) is 9.12. The lowest BCUT2D eigenvalue weighted by Gasteiger charge is -2.02. The van der Waals surface area contributed by atoms with Gasteiger partial charge in [0.25, 0.3) is 0 Å². The monoisotopic (exact) mass is 229 g/mol. The van der Waals surface area contributed by atoms with Crippen molar-refractivity contribution < 1.29 is 9.90 Å². The number of fused-ring (bicyclic) bond motifs is 1. The van der Waals surface area contributed by atoms with E-state index in [2.05, 4.69) is 9.97 Å². The van der Waals surface area contributed by atoms with Gasteiger partial charge in [0, 0.05) is 24.5 Å². The first-order valence-corrected chi connectivity index (χ1v) is 5.50. The van der Waals surface area contributed by atoms with Gasteiger partial charge in [0.15, 0.2) is 5.69 Å². The zero-order valence-corrected chi connectivity index (χ0v) is 9.13. The van der Waals surface area contributed by atoms with Crippen molar-refractivity contribution in [3.05, 3.63) is 35.9 Å². The number of carboxylic acids is 1. The van der Waals surface area contributed by atoms with Crippen LogP contribution in [0.5, 0.6) is 0 Å². The Labute approximate surface area is 97.8 Å². The molecule has 0 aromatic carbocycles. The largest absolute Gasteiger partial charge is 0.476 e. The molecule has 0 spiro atoms. The molecule has 5 nitrogen and oxygen atoms in total. The van der Waals surface area contributed by atoms with E-state index in [-0.39, 0.29) is 5.69 Å². The fourth-order valence-electron chi connectivity index (χ4n) is 2.27. The summed E-state index contributed by atoms with van der Waals surface area (Å²) in [6, 6.07) is 3.72. The normalized spacial score (nSPS) is 13.6. The standard InChI is InChI=1S/C12H11N3O2/c16-12(17)10-9-4-2-6-15(9)11(14-10)8-3-1-5-13-7-8/h1,3,5,7H,2,4,6H2,(H,16,17). The average molecular weight is 229 g/mol. The second-order valence-electron chi connectivity index (χ2n) is 4.03. The Kier molecular flexibility index (Phi) is 2.18. The molecule has 17 heavy (non-hydrogen) atoms. The van der Waals surface area contributed by atoms with E-state index in [1.54, 1.807) is 12.4 Å². The Bertz CT molecular complexity index is 575. The average Bonchev–Trinajstić information content (AvgIpc) is 2.90. The van der Waals surface area contributed by atoms with Crippen LogP contribution in [0.25, 0.3) is 11.4 Å². The van der Waals surface area contributed by atoms with Crippen LogP contribution in [0.2, 0.25) is 0 Å². The summed E-state index contributed by atoms with van der Waals surface area (Å²) in [6.45, 7) is 0.833. The maximum Gasteiger partial charge on any atom is 0.356 e. The summed E-state index contributed by atoms with van der Waals surface area (Å²) in [6.07, 6.45) is 5.16. The number of hydrogen-bond donors (Lipinski definition) is 1. The minimum absolute atomic E-state index is 0.182. The molecule has 0 unspecified atom stereocenters. The molecule has 3 heterocycles. The molecule has 0 amide bonds. The van der Waals surface area contributed by atoms with Crippen LogP contribution >= 0.6 is 0 Å². The number of aromatic nitrogens is 3. The predicted octanol–water partition coefficient (Wildman–Crippen LogP) is 1.59. The highest BCUT2D eigenvalue weighted by Gasteiger charge is 2.25. The number of carbonyl (C=O) groups is 1. The third kappa shape index (κ3) is 1.51. The number of rotatable bonds is 2. The lowest BCUT2D eigenvalue weighted by Crippen LogP contribution is -2.00. The zero-order chi connectivity index (χ0) is 11.8. The zero-order valence-electron chi connectivity index (χ0n) is 9.13. The fraction of sp³-hybridized carbons (Fsp3) is 0.250. The molecular weight excluding hydrogens is 218 g/mol. The lowest BCUT2D eigenvalue weighted by atomic mass is 10.2. The number of hydrogen-bond acceptors (Lipinski definition) is 3. The fourth-order valence-corrected chi connectivity index (χ4v) is 2.27. The van der Waals surface area contributed by atoms with Crippen molar-refractivity contribution in [2.45, 2.75) is 19.4 Å². The van der Waals surface area contributed by atoms with E-state index < -0.39 is 5.97 Å². The van der Waals surface area contributed by atoms with Gasteiger partial charge >= 0.3 is 5.97 Å².